The molecule has 3 atom stereocenters. The molecule has 1 N–H and O–H groups in total. The predicted molar refractivity (Wildman–Crippen MR) is 81.8 cm³/mol. The summed E-state index contributed by atoms with van der Waals surface area (Å²) in [5, 5.41) is 9.34. The van der Waals surface area contributed by atoms with Gasteiger partial charge in [-0.05, 0) is 50.4 Å². The van der Waals surface area contributed by atoms with Crippen LogP contribution in [0.2, 0.25) is 0 Å². The first-order chi connectivity index (χ1) is 9.93. The minimum Gasteiger partial charge on any atom is -0.481 e. The number of amides is 1. The Hall–Kier alpha value is -1.06. The number of aliphatic carboxylic acids is 1. The van der Waals surface area contributed by atoms with Gasteiger partial charge in [0.15, 0.2) is 0 Å². The Morgan fingerprint density at radius 1 is 1.10 bits per heavy atom. The normalized spacial score (nSPS) is 36.4. The lowest BCUT2D eigenvalue weighted by molar-refractivity contribution is -0.149. The van der Waals surface area contributed by atoms with Crippen molar-refractivity contribution in [2.24, 2.45) is 23.7 Å². The predicted octanol–water partition coefficient (Wildman–Crippen LogP) is 3.16. The van der Waals surface area contributed by atoms with Gasteiger partial charge in [-0.1, -0.05) is 20.3 Å². The van der Waals surface area contributed by atoms with Crippen LogP contribution in [0.1, 0.15) is 58.8 Å². The van der Waals surface area contributed by atoms with E-state index in [9.17, 15) is 14.7 Å². The van der Waals surface area contributed by atoms with Gasteiger partial charge in [0, 0.05) is 13.1 Å². The van der Waals surface area contributed by atoms with Crippen molar-refractivity contribution in [3.8, 4) is 0 Å². The molecule has 21 heavy (non-hydrogen) atoms. The van der Waals surface area contributed by atoms with Gasteiger partial charge in [-0.25, -0.2) is 0 Å². The lowest BCUT2D eigenvalue weighted by Crippen LogP contribution is -2.44. The van der Waals surface area contributed by atoms with E-state index in [0.29, 0.717) is 18.4 Å². The zero-order valence-corrected chi connectivity index (χ0v) is 13.5. The second-order valence-corrected chi connectivity index (χ2v) is 7.16. The zero-order chi connectivity index (χ0) is 15.6. The van der Waals surface area contributed by atoms with Crippen molar-refractivity contribution in [3.05, 3.63) is 0 Å². The van der Waals surface area contributed by atoms with Crippen molar-refractivity contribution in [2.75, 3.05) is 7.05 Å². The number of nitrogens with zero attached hydrogens (tertiary/aromatic N) is 1. The smallest absolute Gasteiger partial charge is 0.307 e. The fraction of sp³-hybridized carbons (Fsp3) is 0.882. The number of carbonyl (C=O) groups is 2. The molecule has 4 nitrogen and oxygen atoms in total. The molecule has 1 amide bonds. The van der Waals surface area contributed by atoms with E-state index < -0.39 is 11.9 Å². The van der Waals surface area contributed by atoms with Crippen LogP contribution in [0.5, 0.6) is 0 Å². The van der Waals surface area contributed by atoms with Crippen molar-refractivity contribution in [2.45, 2.75) is 64.8 Å². The van der Waals surface area contributed by atoms with Crippen molar-refractivity contribution in [1.29, 1.82) is 0 Å². The average molecular weight is 295 g/mol. The van der Waals surface area contributed by atoms with Crippen LogP contribution in [-0.2, 0) is 9.59 Å². The first kappa shape index (κ1) is 16.3. The third-order valence-corrected chi connectivity index (χ3v) is 5.72. The van der Waals surface area contributed by atoms with Crippen LogP contribution >= 0.6 is 0 Å². The lowest BCUT2D eigenvalue weighted by Gasteiger charge is -2.36. The van der Waals surface area contributed by atoms with Crippen LogP contribution in [-0.4, -0.2) is 35.0 Å². The molecular formula is C17H29NO3. The molecule has 0 saturated heterocycles. The van der Waals surface area contributed by atoms with E-state index in [0.717, 1.165) is 25.2 Å². The highest BCUT2D eigenvalue weighted by atomic mass is 16.4. The second-order valence-electron chi connectivity index (χ2n) is 7.16. The van der Waals surface area contributed by atoms with Crippen LogP contribution in [0.25, 0.3) is 0 Å². The quantitative estimate of drug-likeness (QED) is 0.866. The highest BCUT2D eigenvalue weighted by Gasteiger charge is 2.43. The van der Waals surface area contributed by atoms with E-state index in [1.165, 1.54) is 19.3 Å². The maximum Gasteiger partial charge on any atom is 0.307 e. The molecule has 0 aromatic heterocycles. The Morgan fingerprint density at radius 3 is 2.19 bits per heavy atom. The average Bonchev–Trinajstić information content (AvgIpc) is 2.88. The van der Waals surface area contributed by atoms with E-state index in [1.54, 1.807) is 0 Å². The summed E-state index contributed by atoms with van der Waals surface area (Å²) >= 11 is 0. The van der Waals surface area contributed by atoms with Crippen LogP contribution in [0.4, 0.5) is 0 Å². The lowest BCUT2D eigenvalue weighted by atomic mass is 9.83. The van der Waals surface area contributed by atoms with E-state index in [1.807, 2.05) is 11.9 Å². The topological polar surface area (TPSA) is 57.6 Å². The molecule has 0 spiro atoms. The Morgan fingerprint density at radius 2 is 1.67 bits per heavy atom. The first-order valence-electron chi connectivity index (χ1n) is 8.43. The van der Waals surface area contributed by atoms with Gasteiger partial charge in [0.25, 0.3) is 0 Å². The number of carboxylic acid groups (broad SMARTS) is 1. The summed E-state index contributed by atoms with van der Waals surface area (Å²) in [6.45, 7) is 4.28. The fourth-order valence-electron chi connectivity index (χ4n) is 4.22. The summed E-state index contributed by atoms with van der Waals surface area (Å²) in [5.74, 6) is -0.395. The molecule has 2 saturated carbocycles. The van der Waals surface area contributed by atoms with Crippen LogP contribution in [0.15, 0.2) is 0 Å². The molecule has 4 heteroatoms. The highest BCUT2D eigenvalue weighted by Crippen LogP contribution is 2.38. The molecule has 2 rings (SSSR count). The van der Waals surface area contributed by atoms with Gasteiger partial charge in [0.1, 0.15) is 0 Å². The minimum absolute atomic E-state index is 0.0618. The molecule has 0 bridgehead atoms. The number of rotatable bonds is 4. The van der Waals surface area contributed by atoms with E-state index in [4.69, 9.17) is 0 Å². The first-order valence-corrected chi connectivity index (χ1v) is 8.43. The highest BCUT2D eigenvalue weighted by molar-refractivity contribution is 5.85. The molecule has 2 aliphatic rings. The van der Waals surface area contributed by atoms with Gasteiger partial charge in [-0.3, -0.25) is 9.59 Å². The maximum atomic E-state index is 12.7. The SMILES string of the molecule is CCC1CCC(N(C)C(=O)[C@H]2CC(C)C[C@H]2C(=O)O)CC1. The van der Waals surface area contributed by atoms with E-state index >= 15 is 0 Å². The molecule has 0 aromatic rings. The summed E-state index contributed by atoms with van der Waals surface area (Å²) in [5.41, 5.74) is 0. The molecule has 2 aliphatic carbocycles. The van der Waals surface area contributed by atoms with Gasteiger partial charge in [-0.15, -0.1) is 0 Å². The summed E-state index contributed by atoms with van der Waals surface area (Å²) in [4.78, 5) is 26.0. The van der Waals surface area contributed by atoms with Crippen LogP contribution in [0, 0.1) is 23.7 Å². The van der Waals surface area contributed by atoms with Crippen LogP contribution < -0.4 is 0 Å². The van der Waals surface area contributed by atoms with Crippen LogP contribution in [0.3, 0.4) is 0 Å². The molecule has 2 fully saturated rings. The summed E-state index contributed by atoms with van der Waals surface area (Å²) in [6, 6.07) is 0.311. The number of carboxylic acids is 1. The minimum atomic E-state index is -0.805. The Labute approximate surface area is 127 Å². The monoisotopic (exact) mass is 295 g/mol. The van der Waals surface area contributed by atoms with Gasteiger partial charge >= 0.3 is 5.97 Å². The summed E-state index contributed by atoms with van der Waals surface area (Å²) < 4.78 is 0. The zero-order valence-electron chi connectivity index (χ0n) is 13.5. The van der Waals surface area contributed by atoms with Crippen molar-refractivity contribution < 1.29 is 14.7 Å². The molecule has 0 heterocycles. The summed E-state index contributed by atoms with van der Waals surface area (Å²) in [6.07, 6.45) is 7.13. The molecular weight excluding hydrogens is 266 g/mol. The van der Waals surface area contributed by atoms with Crippen molar-refractivity contribution in [3.63, 3.8) is 0 Å². The number of hydrogen-bond acceptors (Lipinski definition) is 2. The molecule has 120 valence electrons. The third kappa shape index (κ3) is 3.58. The number of carbonyl (C=O) groups excluding carboxylic acids is 1. The standard InChI is InChI=1S/C17H29NO3/c1-4-12-5-7-13(8-6-12)18(3)16(19)14-9-11(2)10-15(14)17(20)21/h11-15H,4-10H2,1-3H3,(H,20,21)/t11?,12?,13?,14-,15+/m0/s1. The molecule has 0 radical (unpaired) electrons. The van der Waals surface area contributed by atoms with Gasteiger partial charge in [0.05, 0.1) is 11.8 Å². The Kier molecular flexibility index (Phi) is 5.28. The van der Waals surface area contributed by atoms with Crippen molar-refractivity contribution >= 4 is 11.9 Å². The second kappa shape index (κ2) is 6.80. The fourth-order valence-corrected chi connectivity index (χ4v) is 4.22. The van der Waals surface area contributed by atoms with Gasteiger partial charge < -0.3 is 10.0 Å². The number of hydrogen-bond donors (Lipinski definition) is 1. The summed E-state index contributed by atoms with van der Waals surface area (Å²) in [7, 11) is 1.88. The van der Waals surface area contributed by atoms with Crippen molar-refractivity contribution in [1.82, 2.24) is 4.90 Å². The molecule has 0 aliphatic heterocycles. The van der Waals surface area contributed by atoms with Gasteiger partial charge in [-0.2, -0.15) is 0 Å². The Bertz CT molecular complexity index is 387. The largest absolute Gasteiger partial charge is 0.481 e. The Balaban J connectivity index is 1.97. The third-order valence-electron chi connectivity index (χ3n) is 5.72. The molecule has 1 unspecified atom stereocenters. The van der Waals surface area contributed by atoms with Gasteiger partial charge in [0.2, 0.25) is 5.91 Å². The van der Waals surface area contributed by atoms with E-state index in [2.05, 4.69) is 13.8 Å². The maximum absolute atomic E-state index is 12.7. The molecule has 0 aromatic carbocycles. The van der Waals surface area contributed by atoms with E-state index in [-0.39, 0.29) is 11.8 Å².